The molecule has 2 aliphatic heterocycles. The van der Waals surface area contributed by atoms with Gasteiger partial charge in [0, 0.05) is 5.02 Å². The molecule has 39 heavy (non-hydrogen) atoms. The molecule has 8 nitrogen and oxygen atoms in total. The molecule has 3 fully saturated rings. The summed E-state index contributed by atoms with van der Waals surface area (Å²) in [6, 6.07) is 8.14. The number of aliphatic hydroxyl groups is 1. The molecule has 2 aliphatic carbocycles. The van der Waals surface area contributed by atoms with E-state index in [9.17, 15) is 24.3 Å². The molecule has 0 unspecified atom stereocenters. The largest absolute Gasteiger partial charge is 0.463 e. The van der Waals surface area contributed by atoms with Crippen LogP contribution in [0.4, 0.5) is 5.69 Å². The Morgan fingerprint density at radius 2 is 1.82 bits per heavy atom. The van der Waals surface area contributed by atoms with E-state index in [0.717, 1.165) is 15.4 Å². The summed E-state index contributed by atoms with van der Waals surface area (Å²) in [4.78, 5) is 53.1. The van der Waals surface area contributed by atoms with Crippen LogP contribution in [0.3, 0.4) is 0 Å². The van der Waals surface area contributed by atoms with E-state index >= 15 is 0 Å². The maximum atomic E-state index is 14.0. The number of nitrogens with zero attached hydrogens (tertiary/aromatic N) is 2. The number of fused-ring (bicyclic) bond motifs is 4. The number of allylic oxidation sites excluding steroid dienone is 2. The number of hydrogen-bond acceptors (Lipinski definition) is 6. The van der Waals surface area contributed by atoms with Crippen LogP contribution >= 0.6 is 50.7 Å². The van der Waals surface area contributed by atoms with Gasteiger partial charge in [0.05, 0.1) is 28.9 Å². The Labute approximate surface area is 247 Å². The first-order chi connectivity index (χ1) is 18.5. The predicted molar refractivity (Wildman–Crippen MR) is 147 cm³/mol. The van der Waals surface area contributed by atoms with E-state index in [1.54, 1.807) is 30.3 Å². The van der Waals surface area contributed by atoms with Gasteiger partial charge in [-0.25, -0.2) is 4.90 Å². The third-order valence-electron chi connectivity index (χ3n) is 8.55. The number of rotatable bonds is 4. The van der Waals surface area contributed by atoms with Crippen molar-refractivity contribution in [2.75, 3.05) is 10.4 Å². The fourth-order valence-electron chi connectivity index (χ4n) is 6.67. The third-order valence-corrected chi connectivity index (χ3v) is 10.9. The number of carbonyl (C=O) groups excluding carboxylic acids is 4. The van der Waals surface area contributed by atoms with Crippen LogP contribution in [0.1, 0.15) is 35.8 Å². The quantitative estimate of drug-likeness (QED) is 0.222. The van der Waals surface area contributed by atoms with E-state index in [1.807, 2.05) is 13.0 Å². The summed E-state index contributed by atoms with van der Waals surface area (Å²) in [5.41, 5.74) is 1.67. The van der Waals surface area contributed by atoms with Crippen LogP contribution in [0, 0.1) is 24.7 Å². The highest BCUT2D eigenvalue weighted by atomic mass is 79.9. The summed E-state index contributed by atoms with van der Waals surface area (Å²) in [7, 11) is 0. The number of aliphatic hydroxyl groups excluding tert-OH is 1. The van der Waals surface area contributed by atoms with Crippen molar-refractivity contribution < 1.29 is 28.7 Å². The Kier molecular flexibility index (Phi) is 6.36. The van der Waals surface area contributed by atoms with Gasteiger partial charge in [0.25, 0.3) is 11.8 Å². The van der Waals surface area contributed by atoms with Crippen molar-refractivity contribution >= 4 is 80.0 Å². The van der Waals surface area contributed by atoms with E-state index in [-0.39, 0.29) is 42.3 Å². The van der Waals surface area contributed by atoms with Gasteiger partial charge in [-0.1, -0.05) is 45.2 Å². The van der Waals surface area contributed by atoms with Crippen molar-refractivity contribution in [1.82, 2.24) is 4.90 Å². The molecule has 0 bridgehead atoms. The molecule has 0 radical (unpaired) electrons. The molecule has 2 aromatic rings. The Morgan fingerprint density at radius 1 is 1.08 bits per heavy atom. The molecule has 1 saturated carbocycles. The Hall–Kier alpha value is -2.17. The zero-order valence-electron chi connectivity index (χ0n) is 20.5. The normalized spacial score (nSPS) is 33.8. The van der Waals surface area contributed by atoms with Crippen molar-refractivity contribution in [3.63, 3.8) is 0 Å². The zero-order chi connectivity index (χ0) is 28.0. The molecule has 12 heteroatoms. The van der Waals surface area contributed by atoms with E-state index in [0.29, 0.717) is 16.3 Å². The lowest BCUT2D eigenvalue weighted by Crippen LogP contribution is -2.60. The average molecular weight is 657 g/mol. The number of imide groups is 2. The second-order valence-corrected chi connectivity index (χ2v) is 12.5. The highest BCUT2D eigenvalue weighted by Gasteiger charge is 2.76. The fourth-order valence-corrected chi connectivity index (χ4v) is 8.26. The monoisotopic (exact) mass is 654 g/mol. The van der Waals surface area contributed by atoms with Crippen LogP contribution in [-0.4, -0.2) is 48.8 Å². The smallest absolute Gasteiger partial charge is 0.254 e. The van der Waals surface area contributed by atoms with Gasteiger partial charge in [0.15, 0.2) is 9.75 Å². The minimum Gasteiger partial charge on any atom is -0.463 e. The van der Waals surface area contributed by atoms with Crippen LogP contribution < -0.4 is 4.90 Å². The molecular formula is C27H22BrCl3N2O6. The number of carbonyl (C=O) groups is 4. The highest BCUT2D eigenvalue weighted by Crippen LogP contribution is 2.65. The number of furan rings is 1. The number of aryl methyl sites for hydroxylation is 1. The number of anilines is 1. The summed E-state index contributed by atoms with van der Waals surface area (Å²) in [5, 5.41) is 10.0. The number of amides is 4. The van der Waals surface area contributed by atoms with Gasteiger partial charge in [-0.3, -0.25) is 24.1 Å². The Morgan fingerprint density at radius 3 is 2.46 bits per heavy atom. The Bertz CT molecular complexity index is 1490. The van der Waals surface area contributed by atoms with Crippen molar-refractivity contribution in [3.8, 4) is 0 Å². The molecule has 3 heterocycles. The van der Waals surface area contributed by atoms with Crippen molar-refractivity contribution in [2.24, 2.45) is 17.8 Å². The standard InChI is InChI=1S/C27H22BrCl3N2O6/c1-12-2-3-13(8-18(12)29)33-22(35)16-6-5-15-17(20(16)23(33)36)9-26(30)24(37)32(11-28)25(38)27(26,31)21(15)19-7-4-14(10-34)39-19/h2-5,7-8,16-17,20-21,34H,6,9-11H2,1H3/t16-,17+,20-,21+,26+,27-/m0/s1. The van der Waals surface area contributed by atoms with Crippen molar-refractivity contribution in [1.29, 1.82) is 0 Å². The van der Waals surface area contributed by atoms with Gasteiger partial charge >= 0.3 is 0 Å². The lowest BCUT2D eigenvalue weighted by molar-refractivity contribution is -0.138. The second-order valence-electron chi connectivity index (χ2n) is 10.4. The van der Waals surface area contributed by atoms with Crippen LogP contribution in [0.5, 0.6) is 0 Å². The molecular weight excluding hydrogens is 635 g/mol. The van der Waals surface area contributed by atoms with E-state index in [4.69, 9.17) is 39.2 Å². The maximum Gasteiger partial charge on any atom is 0.254 e. The van der Waals surface area contributed by atoms with E-state index < -0.39 is 51.1 Å². The third kappa shape index (κ3) is 3.46. The minimum absolute atomic E-state index is 0.116. The van der Waals surface area contributed by atoms with Gasteiger partial charge in [-0.05, 0) is 55.5 Å². The van der Waals surface area contributed by atoms with Crippen LogP contribution in [0.25, 0.3) is 0 Å². The topological polar surface area (TPSA) is 108 Å². The Balaban J connectivity index is 1.50. The molecule has 1 aromatic heterocycles. The zero-order valence-corrected chi connectivity index (χ0v) is 24.4. The summed E-state index contributed by atoms with van der Waals surface area (Å²) in [6.45, 7) is 1.44. The minimum atomic E-state index is -1.95. The molecule has 1 aromatic carbocycles. The SMILES string of the molecule is Cc1ccc(N2C(=O)[C@H]3[C@H](CC=C4[C@H]3C[C@@]3(Cl)C(=O)N(CBr)C(=O)[C@@]3(Cl)[C@H]4c3ccc(CO)o3)C2=O)cc1Cl. The lowest BCUT2D eigenvalue weighted by Gasteiger charge is -2.49. The first-order valence-electron chi connectivity index (χ1n) is 12.3. The predicted octanol–water partition coefficient (Wildman–Crippen LogP) is 4.65. The fraction of sp³-hybridized carbons (Fsp3) is 0.407. The summed E-state index contributed by atoms with van der Waals surface area (Å²) in [6.07, 6.45) is 1.93. The summed E-state index contributed by atoms with van der Waals surface area (Å²) >= 11 is 23.8. The molecule has 0 spiro atoms. The number of alkyl halides is 3. The summed E-state index contributed by atoms with van der Waals surface area (Å²) in [5.74, 6) is -4.86. The lowest BCUT2D eigenvalue weighted by atomic mass is 9.57. The van der Waals surface area contributed by atoms with Gasteiger partial charge in [-0.15, -0.1) is 23.2 Å². The molecule has 6 rings (SSSR count). The van der Waals surface area contributed by atoms with Crippen molar-refractivity contribution in [3.05, 3.63) is 64.1 Å². The maximum absolute atomic E-state index is 14.0. The first-order valence-corrected chi connectivity index (χ1v) is 14.6. The summed E-state index contributed by atoms with van der Waals surface area (Å²) < 4.78 is 5.86. The van der Waals surface area contributed by atoms with E-state index in [2.05, 4.69) is 15.9 Å². The molecule has 1 N–H and O–H groups in total. The van der Waals surface area contributed by atoms with Crippen molar-refractivity contribution in [2.45, 2.75) is 42.0 Å². The molecule has 204 valence electrons. The molecule has 4 amide bonds. The van der Waals surface area contributed by atoms with Crippen LogP contribution in [0.15, 0.2) is 46.4 Å². The van der Waals surface area contributed by atoms with Gasteiger partial charge in [0.1, 0.15) is 18.1 Å². The number of likely N-dealkylation sites (tertiary alicyclic amines) is 1. The van der Waals surface area contributed by atoms with Gasteiger partial charge < -0.3 is 9.52 Å². The highest BCUT2D eigenvalue weighted by molar-refractivity contribution is 9.09. The molecule has 4 aliphatic rings. The number of hydrogen-bond donors (Lipinski definition) is 1. The first kappa shape index (κ1) is 27.0. The second kappa shape index (κ2) is 9.17. The number of halogens is 4. The molecule has 2 saturated heterocycles. The van der Waals surface area contributed by atoms with Crippen LogP contribution in [0.2, 0.25) is 5.02 Å². The van der Waals surface area contributed by atoms with Crippen LogP contribution in [-0.2, 0) is 25.8 Å². The van der Waals surface area contributed by atoms with Gasteiger partial charge in [0.2, 0.25) is 11.8 Å². The van der Waals surface area contributed by atoms with Gasteiger partial charge in [-0.2, -0.15) is 0 Å². The molecule has 6 atom stereocenters. The number of benzene rings is 1. The average Bonchev–Trinajstić information content (AvgIpc) is 3.52. The van der Waals surface area contributed by atoms with E-state index in [1.165, 1.54) is 0 Å².